The fourth-order valence-electron chi connectivity index (χ4n) is 3.45. The zero-order valence-electron chi connectivity index (χ0n) is 18.1. The summed E-state index contributed by atoms with van der Waals surface area (Å²) in [4.78, 5) is 40.9. The van der Waals surface area contributed by atoms with Crippen molar-refractivity contribution >= 4 is 27.6 Å². The Hall–Kier alpha value is -3.14. The third kappa shape index (κ3) is 5.18. The Morgan fingerprint density at radius 1 is 1.03 bits per heavy atom. The number of amides is 3. The molecule has 0 aliphatic carbocycles. The van der Waals surface area contributed by atoms with Gasteiger partial charge in [0.05, 0.1) is 11.2 Å². The Labute approximate surface area is 187 Å². The van der Waals surface area contributed by atoms with Gasteiger partial charge in [-0.2, -0.15) is 0 Å². The van der Waals surface area contributed by atoms with Gasteiger partial charge in [-0.25, -0.2) is 8.42 Å². The highest BCUT2D eigenvalue weighted by molar-refractivity contribution is 7.92. The molecule has 10 heteroatoms. The van der Waals surface area contributed by atoms with Gasteiger partial charge in [-0.15, -0.1) is 0 Å². The first-order chi connectivity index (χ1) is 15.2. The molecule has 1 atom stereocenters. The Bertz CT molecular complexity index is 1060. The Morgan fingerprint density at radius 2 is 1.66 bits per heavy atom. The molecule has 0 spiro atoms. The van der Waals surface area contributed by atoms with Crippen molar-refractivity contribution < 1.29 is 27.2 Å². The largest absolute Gasteiger partial charge is 0.459 e. The van der Waals surface area contributed by atoms with Crippen LogP contribution in [0.5, 0.6) is 0 Å². The molecule has 1 aromatic heterocycles. The lowest BCUT2D eigenvalue weighted by atomic mass is 10.2. The predicted molar refractivity (Wildman–Crippen MR) is 116 cm³/mol. The average molecular weight is 462 g/mol. The summed E-state index contributed by atoms with van der Waals surface area (Å²) in [5, 5.41) is 0.513. The Morgan fingerprint density at radius 3 is 2.22 bits per heavy atom. The number of piperazine rings is 1. The minimum atomic E-state index is -4.24. The van der Waals surface area contributed by atoms with Gasteiger partial charge in [-0.05, 0) is 37.6 Å². The number of carbonyl (C=O) groups excluding carboxylic acids is 3. The third-order valence-electron chi connectivity index (χ3n) is 5.30. The van der Waals surface area contributed by atoms with Gasteiger partial charge in [0.1, 0.15) is 0 Å². The molecule has 2 aromatic rings. The smallest absolute Gasteiger partial charge is 0.288 e. The molecule has 1 N–H and O–H groups in total. The fraction of sp³-hybridized carbons (Fsp3) is 0.409. The standard InChI is InChI=1S/C22H27N3O6S/c1-3-5-19(26)24-11-13-25(14-12-24)22(28)21(23-20(27)18-6-4-15-31-18)32(29,30)17-9-7-16(2)8-10-17/h4,6-10,15,21H,3,5,11-14H2,1-2H3,(H,23,27). The van der Waals surface area contributed by atoms with E-state index in [1.165, 1.54) is 35.4 Å². The zero-order valence-corrected chi connectivity index (χ0v) is 18.9. The van der Waals surface area contributed by atoms with Gasteiger partial charge >= 0.3 is 0 Å². The molecule has 3 amide bonds. The molecule has 3 rings (SSSR count). The van der Waals surface area contributed by atoms with Crippen molar-refractivity contribution in [2.45, 2.75) is 37.0 Å². The zero-order chi connectivity index (χ0) is 23.3. The average Bonchev–Trinajstić information content (AvgIpc) is 3.32. The molecule has 172 valence electrons. The highest BCUT2D eigenvalue weighted by Crippen LogP contribution is 2.19. The van der Waals surface area contributed by atoms with E-state index in [2.05, 4.69) is 5.32 Å². The number of aryl methyl sites for hydroxylation is 1. The van der Waals surface area contributed by atoms with Crippen LogP contribution in [0, 0.1) is 6.92 Å². The number of nitrogens with zero attached hydrogens (tertiary/aromatic N) is 2. The topological polar surface area (TPSA) is 117 Å². The van der Waals surface area contributed by atoms with E-state index in [1.807, 2.05) is 13.8 Å². The lowest BCUT2D eigenvalue weighted by Crippen LogP contribution is -2.57. The van der Waals surface area contributed by atoms with Gasteiger partial charge < -0.3 is 19.5 Å². The lowest BCUT2D eigenvalue weighted by molar-refractivity contribution is -0.139. The number of hydrogen-bond donors (Lipinski definition) is 1. The molecular weight excluding hydrogens is 434 g/mol. The molecule has 1 saturated heterocycles. The number of rotatable bonds is 7. The van der Waals surface area contributed by atoms with Crippen LogP contribution in [-0.4, -0.2) is 67.5 Å². The molecule has 2 heterocycles. The Kier molecular flexibility index (Phi) is 7.34. The first-order valence-corrected chi connectivity index (χ1v) is 12.0. The second kappa shape index (κ2) is 9.99. The molecule has 1 aliphatic rings. The van der Waals surface area contributed by atoms with Crippen LogP contribution >= 0.6 is 0 Å². The predicted octanol–water partition coefficient (Wildman–Crippen LogP) is 1.59. The number of nitrogens with one attached hydrogen (secondary N) is 1. The van der Waals surface area contributed by atoms with Crippen LogP contribution in [0.4, 0.5) is 0 Å². The van der Waals surface area contributed by atoms with Crippen LogP contribution < -0.4 is 5.32 Å². The van der Waals surface area contributed by atoms with E-state index in [1.54, 1.807) is 17.0 Å². The molecule has 0 bridgehead atoms. The first kappa shape index (κ1) is 23.5. The van der Waals surface area contributed by atoms with Crippen molar-refractivity contribution in [3.8, 4) is 0 Å². The minimum Gasteiger partial charge on any atom is -0.459 e. The first-order valence-electron chi connectivity index (χ1n) is 10.5. The van der Waals surface area contributed by atoms with Crippen LogP contribution in [0.3, 0.4) is 0 Å². The van der Waals surface area contributed by atoms with Gasteiger partial charge in [0.15, 0.2) is 5.76 Å². The number of carbonyl (C=O) groups is 3. The summed E-state index contributed by atoms with van der Waals surface area (Å²) in [5.41, 5.74) is 0.860. The van der Waals surface area contributed by atoms with Crippen LogP contribution in [-0.2, 0) is 19.4 Å². The molecule has 0 radical (unpaired) electrons. The monoisotopic (exact) mass is 461 g/mol. The van der Waals surface area contributed by atoms with E-state index in [9.17, 15) is 22.8 Å². The van der Waals surface area contributed by atoms with Crippen molar-refractivity contribution in [1.82, 2.24) is 15.1 Å². The molecule has 1 aromatic carbocycles. The second-order valence-electron chi connectivity index (χ2n) is 7.64. The van der Waals surface area contributed by atoms with Crippen LogP contribution in [0.25, 0.3) is 0 Å². The summed E-state index contributed by atoms with van der Waals surface area (Å²) in [6.45, 7) is 4.73. The van der Waals surface area contributed by atoms with Gasteiger partial charge in [-0.3, -0.25) is 14.4 Å². The summed E-state index contributed by atoms with van der Waals surface area (Å²) in [6.07, 6.45) is 2.44. The van der Waals surface area contributed by atoms with E-state index < -0.39 is 27.0 Å². The number of sulfone groups is 1. The van der Waals surface area contributed by atoms with Crippen LogP contribution in [0.15, 0.2) is 52.0 Å². The number of benzene rings is 1. The fourth-order valence-corrected chi connectivity index (χ4v) is 4.91. The van der Waals surface area contributed by atoms with Crippen molar-refractivity contribution in [2.24, 2.45) is 0 Å². The van der Waals surface area contributed by atoms with Gasteiger partial charge in [-0.1, -0.05) is 24.6 Å². The summed E-state index contributed by atoms with van der Waals surface area (Å²) in [7, 11) is -4.24. The maximum atomic E-state index is 13.3. The SMILES string of the molecule is CCCC(=O)N1CCN(C(=O)C(NC(=O)c2ccco2)S(=O)(=O)c2ccc(C)cc2)CC1. The maximum absolute atomic E-state index is 13.3. The van der Waals surface area contributed by atoms with Crippen molar-refractivity contribution in [3.05, 3.63) is 54.0 Å². The summed E-state index contributed by atoms with van der Waals surface area (Å²) in [5.74, 6) is -1.64. The summed E-state index contributed by atoms with van der Waals surface area (Å²) >= 11 is 0. The van der Waals surface area contributed by atoms with Crippen molar-refractivity contribution in [3.63, 3.8) is 0 Å². The molecule has 1 unspecified atom stereocenters. The molecule has 32 heavy (non-hydrogen) atoms. The van der Waals surface area contributed by atoms with E-state index in [4.69, 9.17) is 4.42 Å². The lowest BCUT2D eigenvalue weighted by Gasteiger charge is -2.36. The normalized spacial score (nSPS) is 15.3. The number of hydrogen-bond acceptors (Lipinski definition) is 6. The van der Waals surface area contributed by atoms with Gasteiger partial charge in [0.2, 0.25) is 21.1 Å². The van der Waals surface area contributed by atoms with Crippen molar-refractivity contribution in [1.29, 1.82) is 0 Å². The van der Waals surface area contributed by atoms with Crippen LogP contribution in [0.2, 0.25) is 0 Å². The van der Waals surface area contributed by atoms with Crippen LogP contribution in [0.1, 0.15) is 35.9 Å². The van der Waals surface area contributed by atoms with Crippen molar-refractivity contribution in [2.75, 3.05) is 26.2 Å². The molecule has 1 aliphatic heterocycles. The van der Waals surface area contributed by atoms with Gasteiger partial charge in [0.25, 0.3) is 11.8 Å². The van der Waals surface area contributed by atoms with E-state index >= 15 is 0 Å². The highest BCUT2D eigenvalue weighted by atomic mass is 32.2. The molecule has 9 nitrogen and oxygen atoms in total. The van der Waals surface area contributed by atoms with E-state index in [0.29, 0.717) is 19.5 Å². The second-order valence-corrected chi connectivity index (χ2v) is 9.68. The van der Waals surface area contributed by atoms with E-state index in [-0.39, 0.29) is 29.7 Å². The molecule has 0 saturated carbocycles. The van der Waals surface area contributed by atoms with E-state index in [0.717, 1.165) is 12.0 Å². The minimum absolute atomic E-state index is 0.00884. The summed E-state index contributed by atoms with van der Waals surface area (Å²) in [6, 6.07) is 8.94. The summed E-state index contributed by atoms with van der Waals surface area (Å²) < 4.78 is 31.7. The highest BCUT2D eigenvalue weighted by Gasteiger charge is 2.39. The molecular formula is C22H27N3O6S. The maximum Gasteiger partial charge on any atom is 0.288 e. The molecule has 1 fully saturated rings. The third-order valence-corrected chi connectivity index (χ3v) is 7.17. The number of furan rings is 1. The van der Waals surface area contributed by atoms with Gasteiger partial charge in [0, 0.05) is 32.6 Å². The Balaban J connectivity index is 1.84. The quantitative estimate of drug-likeness (QED) is 0.669.